The van der Waals surface area contributed by atoms with Gasteiger partial charge < -0.3 is 14.2 Å². The van der Waals surface area contributed by atoms with Crippen molar-refractivity contribution in [2.45, 2.75) is 40.5 Å². The first kappa shape index (κ1) is 24.0. The molecule has 0 aliphatic heterocycles. The van der Waals surface area contributed by atoms with Crippen LogP contribution < -0.4 is 9.47 Å². The summed E-state index contributed by atoms with van der Waals surface area (Å²) in [6.07, 6.45) is 0. The molecule has 3 aromatic rings. The van der Waals surface area contributed by atoms with Gasteiger partial charge in [0.05, 0.1) is 38.3 Å². The van der Waals surface area contributed by atoms with Crippen LogP contribution in [-0.2, 0) is 4.74 Å². The summed E-state index contributed by atoms with van der Waals surface area (Å²) in [6, 6.07) is 13.5. The number of aryl methyl sites for hydroxylation is 1. The Morgan fingerprint density at radius 3 is 2.10 bits per heavy atom. The summed E-state index contributed by atoms with van der Waals surface area (Å²) in [7, 11) is 4.55. The van der Waals surface area contributed by atoms with Crippen LogP contribution in [0.3, 0.4) is 0 Å². The summed E-state index contributed by atoms with van der Waals surface area (Å²) in [6.45, 7) is 10.3. The number of carbonyl (C=O) groups excluding carboxylic acids is 1. The Balaban J connectivity index is 0.00000166. The highest BCUT2D eigenvalue weighted by Gasteiger charge is 2.24. The third-order valence-corrected chi connectivity index (χ3v) is 4.82. The third kappa shape index (κ3) is 4.90. The van der Waals surface area contributed by atoms with Crippen molar-refractivity contribution in [2.75, 3.05) is 21.3 Å². The Bertz CT molecular complexity index is 1020. The molecule has 0 bridgehead atoms. The number of esters is 1. The molecule has 1 heterocycles. The predicted octanol–water partition coefficient (Wildman–Crippen LogP) is 5.80. The monoisotopic (exact) mass is 424 g/mol. The summed E-state index contributed by atoms with van der Waals surface area (Å²) in [4.78, 5) is 12.3. The minimum absolute atomic E-state index is 0.214. The maximum Gasteiger partial charge on any atom is 0.358 e. The summed E-state index contributed by atoms with van der Waals surface area (Å²) < 4.78 is 17.9. The molecular weight excluding hydrogens is 392 g/mol. The summed E-state index contributed by atoms with van der Waals surface area (Å²) >= 11 is 0. The predicted molar refractivity (Wildman–Crippen MR) is 124 cm³/mol. The Hall–Kier alpha value is -3.28. The molecule has 3 rings (SSSR count). The number of hydrogen-bond donors (Lipinski definition) is 0. The van der Waals surface area contributed by atoms with Crippen molar-refractivity contribution in [1.29, 1.82) is 0 Å². The maximum absolute atomic E-state index is 12.3. The lowest BCUT2D eigenvalue weighted by Gasteiger charge is -2.18. The van der Waals surface area contributed by atoms with Crippen LogP contribution in [0.1, 0.15) is 55.2 Å². The minimum atomic E-state index is -0.503. The quantitative estimate of drug-likeness (QED) is 0.468. The van der Waals surface area contributed by atoms with Gasteiger partial charge in [-0.05, 0) is 42.7 Å². The second-order valence-corrected chi connectivity index (χ2v) is 7.07. The van der Waals surface area contributed by atoms with Crippen molar-refractivity contribution in [3.05, 3.63) is 59.3 Å². The molecule has 0 radical (unpaired) electrons. The Morgan fingerprint density at radius 1 is 0.968 bits per heavy atom. The second-order valence-electron chi connectivity index (χ2n) is 7.07. The van der Waals surface area contributed by atoms with Gasteiger partial charge in [0.15, 0.2) is 5.69 Å². The van der Waals surface area contributed by atoms with E-state index in [0.29, 0.717) is 17.2 Å². The molecule has 0 spiro atoms. The molecule has 6 nitrogen and oxygen atoms in total. The van der Waals surface area contributed by atoms with E-state index in [0.717, 1.165) is 22.4 Å². The number of aromatic nitrogens is 2. The molecule has 0 fully saturated rings. The van der Waals surface area contributed by atoms with Crippen LogP contribution in [0.4, 0.5) is 0 Å². The van der Waals surface area contributed by atoms with Gasteiger partial charge in [0.25, 0.3) is 0 Å². The molecular formula is C25H32N2O4. The summed E-state index contributed by atoms with van der Waals surface area (Å²) in [5, 5.41) is 4.58. The van der Waals surface area contributed by atoms with Gasteiger partial charge in [-0.3, -0.25) is 0 Å². The van der Waals surface area contributed by atoms with E-state index < -0.39 is 5.97 Å². The van der Waals surface area contributed by atoms with E-state index in [4.69, 9.17) is 14.2 Å². The van der Waals surface area contributed by atoms with Crippen LogP contribution in [0.15, 0.2) is 42.5 Å². The second kappa shape index (κ2) is 10.7. The first-order chi connectivity index (χ1) is 14.9. The highest BCUT2D eigenvalue weighted by molar-refractivity contribution is 5.90. The number of hydrogen-bond acceptors (Lipinski definition) is 5. The number of carbonyl (C=O) groups is 1. The normalized spacial score (nSPS) is 10.4. The van der Waals surface area contributed by atoms with E-state index >= 15 is 0 Å². The molecule has 0 saturated carbocycles. The van der Waals surface area contributed by atoms with Gasteiger partial charge in [-0.25, -0.2) is 9.48 Å². The Labute approximate surface area is 184 Å². The topological polar surface area (TPSA) is 62.6 Å². The minimum Gasteiger partial charge on any atom is -0.496 e. The van der Waals surface area contributed by atoms with Gasteiger partial charge in [0.2, 0.25) is 0 Å². The van der Waals surface area contributed by atoms with Gasteiger partial charge in [-0.2, -0.15) is 5.10 Å². The molecule has 0 atom stereocenters. The smallest absolute Gasteiger partial charge is 0.358 e. The van der Waals surface area contributed by atoms with Crippen molar-refractivity contribution in [3.63, 3.8) is 0 Å². The molecule has 1 aromatic heterocycles. The standard InChI is InChI=1S/C23H26N2O4.C2H6/c1-14(2)16-12-15(3)10-11-18(16)25-19(13-17(24-25)23(26)29-6)22-20(27-4)8-7-9-21(22)28-5;1-2/h7-14H,1-6H3;1-2H3. The number of benzene rings is 2. The van der Waals surface area contributed by atoms with Crippen molar-refractivity contribution in [3.8, 4) is 28.4 Å². The van der Waals surface area contributed by atoms with Crippen molar-refractivity contribution in [2.24, 2.45) is 0 Å². The van der Waals surface area contributed by atoms with Crippen LogP contribution in [0.5, 0.6) is 11.5 Å². The fourth-order valence-corrected chi connectivity index (χ4v) is 3.38. The van der Waals surface area contributed by atoms with Crippen LogP contribution in [-0.4, -0.2) is 37.1 Å². The maximum atomic E-state index is 12.3. The molecule has 0 amide bonds. The molecule has 0 saturated heterocycles. The van der Waals surface area contributed by atoms with E-state index in [9.17, 15) is 4.79 Å². The highest BCUT2D eigenvalue weighted by Crippen LogP contribution is 2.40. The zero-order chi connectivity index (χ0) is 23.1. The van der Waals surface area contributed by atoms with Crippen molar-refractivity contribution >= 4 is 5.97 Å². The summed E-state index contributed by atoms with van der Waals surface area (Å²) in [5.74, 6) is 1.01. The molecule has 31 heavy (non-hydrogen) atoms. The molecule has 0 N–H and O–H groups in total. The Morgan fingerprint density at radius 2 is 1.58 bits per heavy atom. The number of nitrogens with zero attached hydrogens (tertiary/aromatic N) is 2. The molecule has 6 heteroatoms. The van der Waals surface area contributed by atoms with E-state index in [-0.39, 0.29) is 11.6 Å². The van der Waals surface area contributed by atoms with E-state index in [1.807, 2.05) is 44.2 Å². The van der Waals surface area contributed by atoms with Crippen molar-refractivity contribution in [1.82, 2.24) is 9.78 Å². The van der Waals surface area contributed by atoms with Crippen LogP contribution >= 0.6 is 0 Å². The van der Waals surface area contributed by atoms with Crippen LogP contribution in [0.25, 0.3) is 16.9 Å². The largest absolute Gasteiger partial charge is 0.496 e. The van der Waals surface area contributed by atoms with Gasteiger partial charge in [0, 0.05) is 0 Å². The van der Waals surface area contributed by atoms with Gasteiger partial charge in [-0.15, -0.1) is 0 Å². The molecule has 0 unspecified atom stereocenters. The van der Waals surface area contributed by atoms with Crippen LogP contribution in [0.2, 0.25) is 0 Å². The van der Waals surface area contributed by atoms with Crippen LogP contribution in [0, 0.1) is 6.92 Å². The fourth-order valence-electron chi connectivity index (χ4n) is 3.38. The zero-order valence-electron chi connectivity index (χ0n) is 19.6. The zero-order valence-corrected chi connectivity index (χ0v) is 19.6. The molecule has 2 aromatic carbocycles. The van der Waals surface area contributed by atoms with E-state index in [2.05, 4.69) is 31.9 Å². The molecule has 0 aliphatic carbocycles. The lowest BCUT2D eigenvalue weighted by atomic mass is 9.98. The lowest BCUT2D eigenvalue weighted by molar-refractivity contribution is 0.0593. The average molecular weight is 425 g/mol. The third-order valence-electron chi connectivity index (χ3n) is 4.82. The van der Waals surface area contributed by atoms with Gasteiger partial charge in [0.1, 0.15) is 11.5 Å². The number of methoxy groups -OCH3 is 3. The first-order valence-corrected chi connectivity index (χ1v) is 10.4. The number of ether oxygens (including phenoxy) is 3. The molecule has 166 valence electrons. The molecule has 0 aliphatic rings. The SMILES string of the molecule is CC.COC(=O)c1cc(-c2c(OC)cccc2OC)n(-c2ccc(C)cc2C(C)C)n1. The highest BCUT2D eigenvalue weighted by atomic mass is 16.5. The number of rotatable bonds is 6. The van der Waals surface area contributed by atoms with Crippen molar-refractivity contribution < 1.29 is 19.0 Å². The lowest BCUT2D eigenvalue weighted by Crippen LogP contribution is -2.08. The average Bonchev–Trinajstić information content (AvgIpc) is 3.23. The van der Waals surface area contributed by atoms with Gasteiger partial charge in [-0.1, -0.05) is 51.5 Å². The van der Waals surface area contributed by atoms with Gasteiger partial charge >= 0.3 is 5.97 Å². The van der Waals surface area contributed by atoms with E-state index in [1.165, 1.54) is 7.11 Å². The first-order valence-electron chi connectivity index (χ1n) is 10.4. The fraction of sp³-hybridized carbons (Fsp3) is 0.360. The Kier molecular flexibility index (Phi) is 8.25. The summed E-state index contributed by atoms with van der Waals surface area (Å²) in [5.41, 5.74) is 4.80. The van der Waals surface area contributed by atoms with E-state index in [1.54, 1.807) is 25.0 Å².